The summed E-state index contributed by atoms with van der Waals surface area (Å²) in [5, 5.41) is 4.85. The lowest BCUT2D eigenvalue weighted by molar-refractivity contribution is -0.121. The van der Waals surface area contributed by atoms with Gasteiger partial charge in [-0.05, 0) is 24.6 Å². The Morgan fingerprint density at radius 2 is 1.81 bits per heavy atom. The third-order valence-electron chi connectivity index (χ3n) is 4.13. The van der Waals surface area contributed by atoms with Crippen LogP contribution in [0.4, 0.5) is 4.79 Å². The fourth-order valence-electron chi connectivity index (χ4n) is 2.80. The molecule has 0 aliphatic carbocycles. The standard InChI is InChI=1S/C19H28N4O3/c1-3-9-20-19(25)21-18(24)15-23-12-10-22(11-13-23)14-16-5-7-17(8-6-16)26-4-2/h3,5-8H,1,4,9-15H2,2H3,(H2,20,21,24,25). The molecule has 1 aliphatic rings. The number of hydrogen-bond acceptors (Lipinski definition) is 5. The van der Waals surface area contributed by atoms with Gasteiger partial charge in [0.2, 0.25) is 5.91 Å². The zero-order valence-electron chi connectivity index (χ0n) is 15.4. The monoisotopic (exact) mass is 360 g/mol. The Kier molecular flexibility index (Phi) is 8.11. The second-order valence-corrected chi connectivity index (χ2v) is 6.18. The van der Waals surface area contributed by atoms with E-state index in [1.54, 1.807) is 6.08 Å². The largest absolute Gasteiger partial charge is 0.494 e. The van der Waals surface area contributed by atoms with Crippen molar-refractivity contribution in [2.75, 3.05) is 45.9 Å². The summed E-state index contributed by atoms with van der Waals surface area (Å²) in [7, 11) is 0. The molecule has 7 heteroatoms. The Morgan fingerprint density at radius 1 is 1.15 bits per heavy atom. The Bertz CT molecular complexity index is 595. The van der Waals surface area contributed by atoms with Gasteiger partial charge in [-0.15, -0.1) is 6.58 Å². The zero-order valence-corrected chi connectivity index (χ0v) is 15.4. The Balaban J connectivity index is 1.69. The van der Waals surface area contributed by atoms with E-state index >= 15 is 0 Å². The van der Waals surface area contributed by atoms with Gasteiger partial charge in [0.15, 0.2) is 0 Å². The minimum atomic E-state index is -0.482. The highest BCUT2D eigenvalue weighted by atomic mass is 16.5. The molecule has 1 fully saturated rings. The van der Waals surface area contributed by atoms with Crippen LogP contribution in [0.3, 0.4) is 0 Å². The molecule has 0 spiro atoms. The lowest BCUT2D eigenvalue weighted by Crippen LogP contribution is -2.50. The quantitative estimate of drug-likeness (QED) is 0.682. The number of nitrogens with zero attached hydrogens (tertiary/aromatic N) is 2. The van der Waals surface area contributed by atoms with Crippen molar-refractivity contribution in [3.05, 3.63) is 42.5 Å². The van der Waals surface area contributed by atoms with Crippen molar-refractivity contribution in [2.45, 2.75) is 13.5 Å². The normalized spacial score (nSPS) is 15.3. The van der Waals surface area contributed by atoms with Crippen molar-refractivity contribution in [3.8, 4) is 5.75 Å². The Hall–Kier alpha value is -2.38. The predicted molar refractivity (Wildman–Crippen MR) is 101 cm³/mol. The molecule has 26 heavy (non-hydrogen) atoms. The first-order valence-electron chi connectivity index (χ1n) is 8.95. The number of urea groups is 1. The Labute approximate surface area is 155 Å². The second-order valence-electron chi connectivity index (χ2n) is 6.18. The van der Waals surface area contributed by atoms with E-state index in [-0.39, 0.29) is 12.5 Å². The third-order valence-corrected chi connectivity index (χ3v) is 4.13. The summed E-state index contributed by atoms with van der Waals surface area (Å²) in [4.78, 5) is 27.7. The van der Waals surface area contributed by atoms with Gasteiger partial charge in [-0.1, -0.05) is 18.2 Å². The maximum atomic E-state index is 11.9. The lowest BCUT2D eigenvalue weighted by Gasteiger charge is -2.34. The minimum Gasteiger partial charge on any atom is -0.494 e. The molecule has 0 bridgehead atoms. The second kappa shape index (κ2) is 10.6. The number of nitrogens with one attached hydrogen (secondary N) is 2. The number of piperazine rings is 1. The number of ether oxygens (including phenoxy) is 1. The van der Waals surface area contributed by atoms with Gasteiger partial charge in [0.25, 0.3) is 0 Å². The van der Waals surface area contributed by atoms with E-state index in [4.69, 9.17) is 4.74 Å². The van der Waals surface area contributed by atoms with Gasteiger partial charge in [-0.2, -0.15) is 0 Å². The molecule has 0 aromatic heterocycles. The number of imide groups is 1. The van der Waals surface area contributed by atoms with E-state index in [1.807, 2.05) is 19.1 Å². The van der Waals surface area contributed by atoms with Gasteiger partial charge in [0, 0.05) is 39.3 Å². The van der Waals surface area contributed by atoms with Crippen LogP contribution in [0.2, 0.25) is 0 Å². The van der Waals surface area contributed by atoms with Crippen LogP contribution in [0.25, 0.3) is 0 Å². The van der Waals surface area contributed by atoms with Gasteiger partial charge in [0.1, 0.15) is 5.75 Å². The number of carbonyl (C=O) groups excluding carboxylic acids is 2. The Morgan fingerprint density at radius 3 is 2.42 bits per heavy atom. The van der Waals surface area contributed by atoms with Crippen LogP contribution in [0, 0.1) is 0 Å². The van der Waals surface area contributed by atoms with Crippen molar-refractivity contribution in [3.63, 3.8) is 0 Å². The molecule has 3 amide bonds. The highest BCUT2D eigenvalue weighted by molar-refractivity contribution is 5.95. The molecule has 1 saturated heterocycles. The lowest BCUT2D eigenvalue weighted by atomic mass is 10.2. The molecular formula is C19H28N4O3. The van der Waals surface area contributed by atoms with Crippen LogP contribution in [0.1, 0.15) is 12.5 Å². The molecule has 142 valence electrons. The first kappa shape index (κ1) is 19.9. The summed E-state index contributed by atoms with van der Waals surface area (Å²) in [6.45, 7) is 11.0. The number of hydrogen-bond donors (Lipinski definition) is 2. The molecule has 0 atom stereocenters. The molecular weight excluding hydrogens is 332 g/mol. The van der Waals surface area contributed by atoms with E-state index in [0.717, 1.165) is 38.5 Å². The molecule has 1 aromatic rings. The molecule has 0 saturated carbocycles. The summed E-state index contributed by atoms with van der Waals surface area (Å²) in [6.07, 6.45) is 1.56. The topological polar surface area (TPSA) is 73.9 Å². The van der Waals surface area contributed by atoms with Crippen LogP contribution >= 0.6 is 0 Å². The van der Waals surface area contributed by atoms with Crippen LogP contribution in [-0.4, -0.2) is 67.6 Å². The molecule has 1 aromatic carbocycles. The predicted octanol–water partition coefficient (Wildman–Crippen LogP) is 1.21. The van der Waals surface area contributed by atoms with Gasteiger partial charge in [0.05, 0.1) is 13.2 Å². The maximum Gasteiger partial charge on any atom is 0.321 e. The van der Waals surface area contributed by atoms with Crippen molar-refractivity contribution in [1.29, 1.82) is 0 Å². The molecule has 2 rings (SSSR count). The van der Waals surface area contributed by atoms with Crippen LogP contribution in [0.15, 0.2) is 36.9 Å². The highest BCUT2D eigenvalue weighted by Gasteiger charge is 2.19. The summed E-state index contributed by atoms with van der Waals surface area (Å²) in [6, 6.07) is 7.69. The number of benzene rings is 1. The van der Waals surface area contributed by atoms with Crippen LogP contribution in [-0.2, 0) is 11.3 Å². The first-order valence-corrected chi connectivity index (χ1v) is 8.95. The summed E-state index contributed by atoms with van der Waals surface area (Å²) < 4.78 is 5.46. The van der Waals surface area contributed by atoms with E-state index in [2.05, 4.69) is 39.1 Å². The third kappa shape index (κ3) is 6.85. The molecule has 1 heterocycles. The van der Waals surface area contributed by atoms with E-state index in [1.165, 1.54) is 5.56 Å². The van der Waals surface area contributed by atoms with Crippen molar-refractivity contribution in [2.24, 2.45) is 0 Å². The number of amides is 3. The minimum absolute atomic E-state index is 0.235. The van der Waals surface area contributed by atoms with E-state index in [9.17, 15) is 9.59 Å². The van der Waals surface area contributed by atoms with E-state index in [0.29, 0.717) is 13.2 Å². The average Bonchev–Trinajstić information content (AvgIpc) is 2.63. The van der Waals surface area contributed by atoms with E-state index < -0.39 is 6.03 Å². The van der Waals surface area contributed by atoms with Gasteiger partial charge < -0.3 is 10.1 Å². The van der Waals surface area contributed by atoms with Crippen molar-refractivity contribution >= 4 is 11.9 Å². The maximum absolute atomic E-state index is 11.9. The van der Waals surface area contributed by atoms with Crippen LogP contribution < -0.4 is 15.4 Å². The molecule has 0 unspecified atom stereocenters. The summed E-state index contributed by atoms with van der Waals surface area (Å²) >= 11 is 0. The number of rotatable bonds is 8. The molecule has 1 aliphatic heterocycles. The first-order chi connectivity index (χ1) is 12.6. The summed E-state index contributed by atoms with van der Waals surface area (Å²) in [5.41, 5.74) is 1.25. The van der Waals surface area contributed by atoms with Crippen LogP contribution in [0.5, 0.6) is 5.75 Å². The highest BCUT2D eigenvalue weighted by Crippen LogP contribution is 2.14. The summed E-state index contributed by atoms with van der Waals surface area (Å²) in [5.74, 6) is 0.607. The SMILES string of the molecule is C=CCNC(=O)NC(=O)CN1CCN(Cc2ccc(OCC)cc2)CC1. The molecule has 0 radical (unpaired) electrons. The van der Waals surface area contributed by atoms with Gasteiger partial charge in [-0.25, -0.2) is 4.79 Å². The van der Waals surface area contributed by atoms with Gasteiger partial charge >= 0.3 is 6.03 Å². The van der Waals surface area contributed by atoms with Crippen molar-refractivity contribution < 1.29 is 14.3 Å². The molecule has 2 N–H and O–H groups in total. The average molecular weight is 360 g/mol. The van der Waals surface area contributed by atoms with Gasteiger partial charge in [-0.3, -0.25) is 19.9 Å². The zero-order chi connectivity index (χ0) is 18.8. The fraction of sp³-hybridized carbons (Fsp3) is 0.474. The molecule has 7 nitrogen and oxygen atoms in total. The number of carbonyl (C=O) groups is 2. The van der Waals surface area contributed by atoms with Crippen molar-refractivity contribution in [1.82, 2.24) is 20.4 Å². The smallest absolute Gasteiger partial charge is 0.321 e. The fourth-order valence-corrected chi connectivity index (χ4v) is 2.80.